The fourth-order valence-electron chi connectivity index (χ4n) is 0.611. The van der Waals surface area contributed by atoms with Crippen LogP contribution in [-0.4, -0.2) is 8.76 Å². The van der Waals surface area contributed by atoms with Crippen LogP contribution >= 0.6 is 0 Å². The molecule has 0 spiro atoms. The van der Waals surface area contributed by atoms with Crippen molar-refractivity contribution >= 4 is 11.1 Å². The van der Waals surface area contributed by atoms with E-state index in [0.717, 1.165) is 12.1 Å². The van der Waals surface area contributed by atoms with E-state index >= 15 is 0 Å². The Kier molecular flexibility index (Phi) is 2.31. The summed E-state index contributed by atoms with van der Waals surface area (Å²) in [5.41, 5.74) is 0. The summed E-state index contributed by atoms with van der Waals surface area (Å²) in [6, 6.07) is 2.37. The van der Waals surface area contributed by atoms with Crippen LogP contribution in [0.15, 0.2) is 23.1 Å². The lowest BCUT2D eigenvalue weighted by Gasteiger charge is -1.95. The van der Waals surface area contributed by atoms with Gasteiger partial charge in [-0.25, -0.2) is 13.0 Å². The van der Waals surface area contributed by atoms with Gasteiger partial charge in [0.1, 0.15) is 16.5 Å². The molecule has 11 heavy (non-hydrogen) atoms. The van der Waals surface area contributed by atoms with Gasteiger partial charge >= 0.3 is 0 Å². The van der Waals surface area contributed by atoms with Gasteiger partial charge in [0, 0.05) is 0 Å². The first-order chi connectivity index (χ1) is 5.11. The highest BCUT2D eigenvalue weighted by atomic mass is 32.2. The average Bonchev–Trinajstić information content (AvgIpc) is 1.94. The molecule has 60 valence electrons. The molecule has 0 aliphatic heterocycles. The molecular formula is C6H4F2O2S. The van der Waals surface area contributed by atoms with Gasteiger partial charge in [0.05, 0.1) is 0 Å². The SMILES string of the molecule is O=S(O)c1cc(F)ccc1F. The number of hydrogen-bond donors (Lipinski definition) is 1. The fraction of sp³-hybridized carbons (Fsp3) is 0. The van der Waals surface area contributed by atoms with Gasteiger partial charge in [-0.1, -0.05) is 0 Å². The van der Waals surface area contributed by atoms with Crippen LogP contribution in [0, 0.1) is 11.6 Å². The molecule has 1 rings (SSSR count). The van der Waals surface area contributed by atoms with Gasteiger partial charge in [0.25, 0.3) is 0 Å². The normalized spacial score (nSPS) is 13.0. The van der Waals surface area contributed by atoms with Gasteiger partial charge in [0.15, 0.2) is 11.1 Å². The Labute approximate surface area is 64.1 Å². The standard InChI is InChI=1S/C6H4F2O2S/c7-4-1-2-5(8)6(3-4)11(9)10/h1-3H,(H,9,10). The van der Waals surface area contributed by atoms with Crippen molar-refractivity contribution in [2.75, 3.05) is 0 Å². The molecule has 1 aromatic carbocycles. The molecule has 1 aromatic rings. The maximum absolute atomic E-state index is 12.5. The van der Waals surface area contributed by atoms with E-state index in [4.69, 9.17) is 4.55 Å². The van der Waals surface area contributed by atoms with Crippen LogP contribution in [0.3, 0.4) is 0 Å². The van der Waals surface area contributed by atoms with Gasteiger partial charge in [-0.2, -0.15) is 0 Å². The first-order valence-electron chi connectivity index (χ1n) is 2.67. The lowest BCUT2D eigenvalue weighted by atomic mass is 10.3. The summed E-state index contributed by atoms with van der Waals surface area (Å²) in [4.78, 5) is -0.537. The van der Waals surface area contributed by atoms with Crippen molar-refractivity contribution in [3.05, 3.63) is 29.8 Å². The lowest BCUT2D eigenvalue weighted by molar-refractivity contribution is 0.536. The molecule has 1 atom stereocenters. The van der Waals surface area contributed by atoms with Crippen molar-refractivity contribution in [3.63, 3.8) is 0 Å². The van der Waals surface area contributed by atoms with E-state index in [9.17, 15) is 13.0 Å². The molecule has 0 amide bonds. The first-order valence-corrected chi connectivity index (χ1v) is 3.78. The average molecular weight is 178 g/mol. The maximum Gasteiger partial charge on any atom is 0.189 e. The minimum atomic E-state index is -2.47. The zero-order valence-corrected chi connectivity index (χ0v) is 6.07. The molecule has 0 radical (unpaired) electrons. The summed E-state index contributed by atoms with van der Waals surface area (Å²) in [6.45, 7) is 0. The Hall–Kier alpha value is -0.810. The highest BCUT2D eigenvalue weighted by Crippen LogP contribution is 2.12. The summed E-state index contributed by atoms with van der Waals surface area (Å²) in [7, 11) is 0. The molecule has 0 fully saturated rings. The Balaban J connectivity index is 3.23. The zero-order chi connectivity index (χ0) is 8.43. The van der Waals surface area contributed by atoms with Crippen LogP contribution < -0.4 is 0 Å². The topological polar surface area (TPSA) is 37.3 Å². The van der Waals surface area contributed by atoms with Gasteiger partial charge in [-0.15, -0.1) is 0 Å². The molecule has 0 aliphatic rings. The minimum Gasteiger partial charge on any atom is -0.302 e. The van der Waals surface area contributed by atoms with Crippen LogP contribution in [0.25, 0.3) is 0 Å². The molecule has 0 aliphatic carbocycles. The van der Waals surface area contributed by atoms with Crippen molar-refractivity contribution in [2.45, 2.75) is 4.90 Å². The maximum atomic E-state index is 12.5. The molecule has 2 nitrogen and oxygen atoms in total. The molecule has 0 saturated carbocycles. The predicted molar refractivity (Wildman–Crippen MR) is 35.4 cm³/mol. The van der Waals surface area contributed by atoms with Gasteiger partial charge in [0.2, 0.25) is 0 Å². The number of halogens is 2. The second-order valence-electron chi connectivity index (χ2n) is 1.82. The third-order valence-corrected chi connectivity index (χ3v) is 1.77. The van der Waals surface area contributed by atoms with E-state index in [0.29, 0.717) is 6.07 Å². The van der Waals surface area contributed by atoms with Crippen molar-refractivity contribution in [3.8, 4) is 0 Å². The number of rotatable bonds is 1. The van der Waals surface area contributed by atoms with Crippen molar-refractivity contribution in [1.29, 1.82) is 0 Å². The highest BCUT2D eigenvalue weighted by Gasteiger charge is 2.07. The molecule has 1 N–H and O–H groups in total. The number of benzene rings is 1. The fourth-order valence-corrected chi connectivity index (χ4v) is 1.06. The molecule has 0 saturated heterocycles. The van der Waals surface area contributed by atoms with E-state index in [-0.39, 0.29) is 0 Å². The van der Waals surface area contributed by atoms with E-state index in [2.05, 4.69) is 0 Å². The van der Waals surface area contributed by atoms with Gasteiger partial charge < -0.3 is 4.55 Å². The molecule has 5 heteroatoms. The summed E-state index contributed by atoms with van der Waals surface area (Å²) < 4.78 is 43.5. The monoisotopic (exact) mass is 178 g/mol. The van der Waals surface area contributed by atoms with E-state index in [1.165, 1.54) is 0 Å². The predicted octanol–water partition coefficient (Wildman–Crippen LogP) is 1.55. The lowest BCUT2D eigenvalue weighted by Crippen LogP contribution is -1.93. The zero-order valence-electron chi connectivity index (χ0n) is 5.25. The largest absolute Gasteiger partial charge is 0.302 e. The van der Waals surface area contributed by atoms with Crippen LogP contribution in [0.1, 0.15) is 0 Å². The minimum absolute atomic E-state index is 0.537. The quantitative estimate of drug-likeness (QED) is 0.662. The summed E-state index contributed by atoms with van der Waals surface area (Å²) in [5, 5.41) is 0. The molecular weight excluding hydrogens is 174 g/mol. The molecule has 0 aromatic heterocycles. The highest BCUT2D eigenvalue weighted by molar-refractivity contribution is 7.79. The van der Waals surface area contributed by atoms with Crippen LogP contribution in [0.4, 0.5) is 8.78 Å². The van der Waals surface area contributed by atoms with Crippen molar-refractivity contribution < 1.29 is 17.5 Å². The van der Waals surface area contributed by atoms with E-state index in [1.807, 2.05) is 0 Å². The van der Waals surface area contributed by atoms with Crippen molar-refractivity contribution in [2.24, 2.45) is 0 Å². The Bertz CT molecular complexity index is 301. The Morgan fingerprint density at radius 1 is 1.36 bits per heavy atom. The third-order valence-electron chi connectivity index (χ3n) is 1.08. The smallest absolute Gasteiger partial charge is 0.189 e. The summed E-state index contributed by atoms with van der Waals surface area (Å²) >= 11 is -2.47. The molecule has 0 bridgehead atoms. The summed E-state index contributed by atoms with van der Waals surface area (Å²) in [5.74, 6) is -1.61. The molecule has 0 heterocycles. The van der Waals surface area contributed by atoms with Crippen molar-refractivity contribution in [1.82, 2.24) is 0 Å². The number of hydrogen-bond acceptors (Lipinski definition) is 1. The first kappa shape index (κ1) is 8.29. The van der Waals surface area contributed by atoms with Crippen LogP contribution in [0.2, 0.25) is 0 Å². The third kappa shape index (κ3) is 1.81. The van der Waals surface area contributed by atoms with Gasteiger partial charge in [-0.05, 0) is 18.2 Å². The van der Waals surface area contributed by atoms with E-state index < -0.39 is 27.6 Å². The van der Waals surface area contributed by atoms with Crippen LogP contribution in [0.5, 0.6) is 0 Å². The second kappa shape index (κ2) is 3.06. The summed E-state index contributed by atoms with van der Waals surface area (Å²) in [6.07, 6.45) is 0. The Morgan fingerprint density at radius 2 is 2.00 bits per heavy atom. The molecule has 1 unspecified atom stereocenters. The van der Waals surface area contributed by atoms with E-state index in [1.54, 1.807) is 0 Å². The van der Waals surface area contributed by atoms with Crippen LogP contribution in [-0.2, 0) is 11.1 Å². The van der Waals surface area contributed by atoms with Gasteiger partial charge in [-0.3, -0.25) is 0 Å². The second-order valence-corrected chi connectivity index (χ2v) is 2.76. The Morgan fingerprint density at radius 3 is 2.45 bits per heavy atom.